The van der Waals surface area contributed by atoms with Crippen LogP contribution >= 0.6 is 0 Å². The number of pyridine rings is 1. The lowest BCUT2D eigenvalue weighted by molar-refractivity contribution is 0.305. The minimum absolute atomic E-state index is 0.220. The molecule has 30 heavy (non-hydrogen) atoms. The summed E-state index contributed by atoms with van der Waals surface area (Å²) >= 11 is 0. The number of nitrogens with zero attached hydrogens (tertiary/aromatic N) is 4. The number of aliphatic hydroxyl groups is 1. The van der Waals surface area contributed by atoms with E-state index in [2.05, 4.69) is 19.9 Å². The molecule has 0 aliphatic carbocycles. The van der Waals surface area contributed by atoms with Crippen molar-refractivity contribution >= 4 is 22.9 Å². The number of fused-ring (bicyclic) bond motifs is 1. The monoisotopic (exact) mass is 406 g/mol. The number of amidine groups is 2. The minimum Gasteiger partial charge on any atom is -0.479 e. The Morgan fingerprint density at radius 1 is 1.13 bits per heavy atom. The topological polar surface area (TPSA) is 103 Å². The molecule has 1 saturated heterocycles. The van der Waals surface area contributed by atoms with Crippen LogP contribution in [0.2, 0.25) is 0 Å². The Morgan fingerprint density at radius 3 is 2.73 bits per heavy atom. The zero-order chi connectivity index (χ0) is 20.7. The molecule has 0 spiro atoms. The number of aliphatic hydroxyl groups excluding tert-OH is 1. The van der Waals surface area contributed by atoms with Gasteiger partial charge in [0.05, 0.1) is 22.8 Å². The fraction of sp³-hybridized carbons (Fsp3) is 0.318. The van der Waals surface area contributed by atoms with Gasteiger partial charge in [-0.15, -0.1) is 0 Å². The maximum absolute atomic E-state index is 14.3. The summed E-state index contributed by atoms with van der Waals surface area (Å²) in [6, 6.07) is 9.96. The van der Waals surface area contributed by atoms with Crippen LogP contribution < -0.4 is 5.73 Å². The number of hydrogen-bond donors (Lipinski definition) is 3. The Hall–Kier alpha value is -3.26. The number of hydrogen-bond acceptors (Lipinski definition) is 5. The van der Waals surface area contributed by atoms with Gasteiger partial charge in [-0.1, -0.05) is 12.1 Å². The molecule has 2 aromatic heterocycles. The van der Waals surface area contributed by atoms with Gasteiger partial charge in [0.15, 0.2) is 0 Å². The molecule has 4 N–H and O–H groups in total. The highest BCUT2D eigenvalue weighted by atomic mass is 19.1. The number of rotatable bonds is 2. The highest BCUT2D eigenvalue weighted by Crippen LogP contribution is 2.33. The first-order chi connectivity index (χ1) is 14.6. The summed E-state index contributed by atoms with van der Waals surface area (Å²) in [4.78, 5) is 18.7. The van der Waals surface area contributed by atoms with Crippen LogP contribution in [0.3, 0.4) is 0 Å². The number of nitrogens with one attached hydrogen (secondary N) is 1. The standard InChI is InChI=1S/C22H23FN6O/c23-16-4-2-1-3-14(16)17-5-6-18-21(26-17)15(12-25-18)19-11-20(28-22(30)27-19)29-9-7-13(24)8-10-29/h1-6,12-13,19,25H,7-11,24H2,(H,27,30). The van der Waals surface area contributed by atoms with E-state index in [9.17, 15) is 9.50 Å². The molecular formula is C22H23FN6O. The van der Waals surface area contributed by atoms with Crippen LogP contribution in [-0.4, -0.2) is 51.0 Å². The third-order valence-corrected chi connectivity index (χ3v) is 5.84. The predicted molar refractivity (Wildman–Crippen MR) is 115 cm³/mol. The quantitative estimate of drug-likeness (QED) is 0.605. The van der Waals surface area contributed by atoms with E-state index < -0.39 is 0 Å². The van der Waals surface area contributed by atoms with Crippen molar-refractivity contribution in [2.75, 3.05) is 13.1 Å². The molecule has 0 bridgehead atoms. The lowest BCUT2D eigenvalue weighted by atomic mass is 10.0. The number of aliphatic imine (C=N–C) groups is 2. The molecule has 7 nitrogen and oxygen atoms in total. The Balaban J connectivity index is 1.48. The highest BCUT2D eigenvalue weighted by Gasteiger charge is 2.28. The molecule has 1 aromatic carbocycles. The van der Waals surface area contributed by atoms with Gasteiger partial charge in [-0.25, -0.2) is 14.4 Å². The first kappa shape index (κ1) is 18.7. The summed E-state index contributed by atoms with van der Waals surface area (Å²) in [5.74, 6) is 0.506. The van der Waals surface area contributed by atoms with Gasteiger partial charge in [-0.3, -0.25) is 0 Å². The molecule has 0 saturated carbocycles. The number of aromatic nitrogens is 2. The van der Waals surface area contributed by atoms with E-state index in [0.29, 0.717) is 17.7 Å². The lowest BCUT2D eigenvalue weighted by Gasteiger charge is -2.34. The van der Waals surface area contributed by atoms with Gasteiger partial charge in [0.2, 0.25) is 0 Å². The summed E-state index contributed by atoms with van der Waals surface area (Å²) in [6.45, 7) is 1.65. The van der Waals surface area contributed by atoms with Crippen LogP contribution in [0.5, 0.6) is 0 Å². The molecule has 5 rings (SSSR count). The van der Waals surface area contributed by atoms with Gasteiger partial charge in [0.1, 0.15) is 11.7 Å². The number of likely N-dealkylation sites (tertiary alicyclic amines) is 1. The maximum atomic E-state index is 14.3. The average molecular weight is 406 g/mol. The first-order valence-corrected chi connectivity index (χ1v) is 10.2. The van der Waals surface area contributed by atoms with Crippen molar-refractivity contribution in [3.63, 3.8) is 0 Å². The highest BCUT2D eigenvalue weighted by molar-refractivity contribution is 5.96. The number of benzene rings is 1. The second-order valence-electron chi connectivity index (χ2n) is 7.82. The van der Waals surface area contributed by atoms with Gasteiger partial charge in [0, 0.05) is 42.9 Å². The normalized spacial score (nSPS) is 20.3. The number of H-pyrrole nitrogens is 1. The second-order valence-corrected chi connectivity index (χ2v) is 7.82. The van der Waals surface area contributed by atoms with Gasteiger partial charge >= 0.3 is 6.02 Å². The summed E-state index contributed by atoms with van der Waals surface area (Å²) in [6.07, 6.45) is 4.24. The zero-order valence-electron chi connectivity index (χ0n) is 16.4. The number of nitrogens with two attached hydrogens (primary N) is 1. The van der Waals surface area contributed by atoms with Gasteiger partial charge in [0.25, 0.3) is 0 Å². The Bertz CT molecular complexity index is 1150. The molecule has 4 heterocycles. The van der Waals surface area contributed by atoms with Crippen molar-refractivity contribution in [1.29, 1.82) is 0 Å². The number of halogens is 1. The largest absolute Gasteiger partial charge is 0.479 e. The van der Waals surface area contributed by atoms with Crippen LogP contribution in [0.25, 0.3) is 22.3 Å². The minimum atomic E-state index is -0.315. The average Bonchev–Trinajstić information content (AvgIpc) is 3.17. The molecule has 0 radical (unpaired) electrons. The van der Waals surface area contributed by atoms with Crippen LogP contribution in [0.15, 0.2) is 52.6 Å². The van der Waals surface area contributed by atoms with E-state index in [4.69, 9.17) is 10.7 Å². The van der Waals surface area contributed by atoms with Crippen molar-refractivity contribution in [1.82, 2.24) is 14.9 Å². The molecule has 154 valence electrons. The van der Waals surface area contributed by atoms with Crippen molar-refractivity contribution < 1.29 is 9.50 Å². The molecule has 2 aliphatic heterocycles. The molecule has 0 amide bonds. The fourth-order valence-corrected chi connectivity index (χ4v) is 4.18. The van der Waals surface area contributed by atoms with Gasteiger partial charge in [-0.05, 0) is 37.1 Å². The molecular weight excluding hydrogens is 383 g/mol. The molecule has 3 aromatic rings. The lowest BCUT2D eigenvalue weighted by Crippen LogP contribution is -2.44. The van der Waals surface area contributed by atoms with E-state index in [1.165, 1.54) is 6.07 Å². The summed E-state index contributed by atoms with van der Waals surface area (Å²) in [7, 11) is 0. The van der Waals surface area contributed by atoms with E-state index in [-0.39, 0.29) is 23.9 Å². The third-order valence-electron chi connectivity index (χ3n) is 5.84. The van der Waals surface area contributed by atoms with Gasteiger partial charge in [-0.2, -0.15) is 4.99 Å². The Morgan fingerprint density at radius 2 is 1.93 bits per heavy atom. The SMILES string of the molecule is NC1CCN(C2=NC(O)=NC(c3c[nH]c4ccc(-c5ccccc5F)nc34)C2)CC1. The van der Waals surface area contributed by atoms with E-state index in [1.54, 1.807) is 24.3 Å². The van der Waals surface area contributed by atoms with Crippen molar-refractivity contribution in [2.45, 2.75) is 31.3 Å². The molecule has 1 atom stereocenters. The van der Waals surface area contributed by atoms with Crippen LogP contribution in [-0.2, 0) is 0 Å². The van der Waals surface area contributed by atoms with E-state index in [1.807, 2.05) is 12.3 Å². The van der Waals surface area contributed by atoms with Crippen molar-refractivity contribution in [3.8, 4) is 11.3 Å². The zero-order valence-corrected chi connectivity index (χ0v) is 16.4. The molecule has 1 fully saturated rings. The third kappa shape index (κ3) is 3.43. The fourth-order valence-electron chi connectivity index (χ4n) is 4.18. The number of aromatic amines is 1. The first-order valence-electron chi connectivity index (χ1n) is 10.2. The van der Waals surface area contributed by atoms with Crippen molar-refractivity contribution in [3.05, 3.63) is 54.0 Å². The van der Waals surface area contributed by atoms with Crippen LogP contribution in [0, 0.1) is 5.82 Å². The van der Waals surface area contributed by atoms with Crippen LogP contribution in [0.4, 0.5) is 4.39 Å². The molecule has 2 aliphatic rings. The second kappa shape index (κ2) is 7.53. The summed E-state index contributed by atoms with van der Waals surface area (Å²) in [5, 5.41) is 10.2. The van der Waals surface area contributed by atoms with E-state index in [0.717, 1.165) is 48.4 Å². The predicted octanol–water partition coefficient (Wildman–Crippen LogP) is 3.55. The molecule has 1 unspecified atom stereocenters. The summed E-state index contributed by atoms with van der Waals surface area (Å²) < 4.78 is 14.3. The van der Waals surface area contributed by atoms with Crippen molar-refractivity contribution in [2.24, 2.45) is 15.7 Å². The van der Waals surface area contributed by atoms with Gasteiger partial charge < -0.3 is 20.7 Å². The Labute approximate surface area is 173 Å². The summed E-state index contributed by atoms with van der Waals surface area (Å²) in [5.41, 5.74) is 9.45. The Kier molecular flexibility index (Phi) is 4.71. The molecule has 8 heteroatoms. The van der Waals surface area contributed by atoms with Crippen LogP contribution in [0.1, 0.15) is 30.9 Å². The maximum Gasteiger partial charge on any atom is 0.311 e. The smallest absolute Gasteiger partial charge is 0.311 e. The van der Waals surface area contributed by atoms with E-state index >= 15 is 0 Å². The number of piperidine rings is 1.